The van der Waals surface area contributed by atoms with Crippen molar-refractivity contribution in [2.45, 2.75) is 33.1 Å². The summed E-state index contributed by atoms with van der Waals surface area (Å²) in [6.45, 7) is 3.39. The Kier molecular flexibility index (Phi) is 4.96. The molecule has 0 unspecified atom stereocenters. The molecule has 2 amide bonds. The van der Waals surface area contributed by atoms with Crippen molar-refractivity contribution in [2.24, 2.45) is 23.7 Å². The van der Waals surface area contributed by atoms with Gasteiger partial charge in [0.1, 0.15) is 0 Å². The van der Waals surface area contributed by atoms with Crippen LogP contribution in [0.1, 0.15) is 51.1 Å². The predicted octanol–water partition coefficient (Wildman–Crippen LogP) is 3.88. The lowest BCUT2D eigenvalue weighted by Crippen LogP contribution is -2.32. The van der Waals surface area contributed by atoms with Gasteiger partial charge < -0.3 is 4.74 Å². The van der Waals surface area contributed by atoms with Gasteiger partial charge in [0.2, 0.25) is 17.6 Å². The second-order valence-corrected chi connectivity index (χ2v) is 9.26. The number of fused-ring (bicyclic) bond motifs is 5. The summed E-state index contributed by atoms with van der Waals surface area (Å²) in [6, 6.07) is 11.8. The zero-order valence-electron chi connectivity index (χ0n) is 18.2. The zero-order chi connectivity index (χ0) is 22.6. The molecular weight excluding hydrogens is 406 g/mol. The maximum atomic E-state index is 12.9. The van der Waals surface area contributed by atoms with Gasteiger partial charge in [-0.05, 0) is 80.8 Å². The number of carbonyl (C=O) groups is 4. The van der Waals surface area contributed by atoms with Gasteiger partial charge in [0.25, 0.3) is 0 Å². The molecular formula is C26H25NO5. The number of benzene rings is 2. The molecule has 5 rings (SSSR count). The standard InChI is InChI=1S/C26H25NO5/c1-14-3-4-15(2)20(11-14)21(28)13-32-26(31)16-7-9-19(10-8-16)27-24(29)22-17-5-6-18(12-17)23(22)25(27)30/h3-4,7-11,17-18,22-23H,5-6,12-13H2,1-2H3/t17-,18-,22-,23+/m0/s1. The van der Waals surface area contributed by atoms with Crippen LogP contribution in [0.25, 0.3) is 0 Å². The van der Waals surface area contributed by atoms with E-state index in [0.717, 1.165) is 30.4 Å². The van der Waals surface area contributed by atoms with Crippen molar-refractivity contribution in [2.75, 3.05) is 11.5 Å². The van der Waals surface area contributed by atoms with Crippen LogP contribution in [0.15, 0.2) is 42.5 Å². The summed E-state index contributed by atoms with van der Waals surface area (Å²) in [5.74, 6) is -0.799. The van der Waals surface area contributed by atoms with Gasteiger partial charge in [0.05, 0.1) is 23.1 Å². The molecule has 1 heterocycles. The van der Waals surface area contributed by atoms with Crippen LogP contribution in [-0.2, 0) is 14.3 Å². The molecule has 4 atom stereocenters. The Morgan fingerprint density at radius 2 is 1.56 bits per heavy atom. The molecule has 2 aromatic rings. The van der Waals surface area contributed by atoms with E-state index in [0.29, 0.717) is 23.1 Å². The highest BCUT2D eigenvalue weighted by Crippen LogP contribution is 2.56. The number of amides is 2. The topological polar surface area (TPSA) is 80.8 Å². The van der Waals surface area contributed by atoms with Crippen molar-refractivity contribution in [3.8, 4) is 0 Å². The van der Waals surface area contributed by atoms with Crippen LogP contribution in [0.3, 0.4) is 0 Å². The van der Waals surface area contributed by atoms with E-state index >= 15 is 0 Å². The molecule has 0 radical (unpaired) electrons. The van der Waals surface area contributed by atoms with E-state index in [1.54, 1.807) is 18.2 Å². The highest BCUT2D eigenvalue weighted by Gasteiger charge is 2.61. The Hall–Kier alpha value is -3.28. The van der Waals surface area contributed by atoms with Crippen LogP contribution in [-0.4, -0.2) is 30.2 Å². The summed E-state index contributed by atoms with van der Waals surface area (Å²) < 4.78 is 5.21. The average molecular weight is 431 g/mol. The van der Waals surface area contributed by atoms with Crippen LogP contribution in [0.5, 0.6) is 0 Å². The van der Waals surface area contributed by atoms with Crippen LogP contribution < -0.4 is 4.90 Å². The molecule has 0 aromatic heterocycles. The van der Waals surface area contributed by atoms with E-state index in [9.17, 15) is 19.2 Å². The number of hydrogen-bond acceptors (Lipinski definition) is 5. The summed E-state index contributed by atoms with van der Waals surface area (Å²) in [6.07, 6.45) is 3.06. The molecule has 3 fully saturated rings. The normalized spacial score (nSPS) is 25.9. The van der Waals surface area contributed by atoms with Gasteiger partial charge in [-0.3, -0.25) is 19.3 Å². The molecule has 1 aliphatic heterocycles. The Balaban J connectivity index is 1.25. The fourth-order valence-corrected chi connectivity index (χ4v) is 5.74. The van der Waals surface area contributed by atoms with Crippen molar-refractivity contribution in [3.05, 3.63) is 64.7 Å². The molecule has 3 aliphatic rings. The number of ketones is 1. The van der Waals surface area contributed by atoms with Gasteiger partial charge in [-0.2, -0.15) is 0 Å². The number of esters is 1. The number of anilines is 1. The number of hydrogen-bond donors (Lipinski definition) is 0. The first-order valence-electron chi connectivity index (χ1n) is 11.1. The molecule has 32 heavy (non-hydrogen) atoms. The molecule has 0 spiro atoms. The molecule has 1 saturated heterocycles. The highest BCUT2D eigenvalue weighted by atomic mass is 16.5. The third kappa shape index (κ3) is 3.25. The number of nitrogens with zero attached hydrogens (tertiary/aromatic N) is 1. The SMILES string of the molecule is Cc1ccc(C)c(C(=O)COC(=O)c2ccc(N3C(=O)[C@@H]4[C@H]5CC[C@@H](C5)[C@@H]4C3=O)cc2)c1. The lowest BCUT2D eigenvalue weighted by Gasteiger charge is -2.19. The van der Waals surface area contributed by atoms with Crippen LogP contribution in [0.2, 0.25) is 0 Å². The highest BCUT2D eigenvalue weighted by molar-refractivity contribution is 6.22. The van der Waals surface area contributed by atoms with Crippen molar-refractivity contribution >= 4 is 29.3 Å². The summed E-state index contributed by atoms with van der Waals surface area (Å²) in [7, 11) is 0. The minimum absolute atomic E-state index is 0.110. The molecule has 6 nitrogen and oxygen atoms in total. The summed E-state index contributed by atoms with van der Waals surface area (Å²) in [5, 5.41) is 0. The quantitative estimate of drug-likeness (QED) is 0.408. The van der Waals surface area contributed by atoms with Gasteiger partial charge in [0, 0.05) is 5.56 Å². The zero-order valence-corrected chi connectivity index (χ0v) is 18.2. The van der Waals surface area contributed by atoms with E-state index in [-0.39, 0.29) is 41.6 Å². The number of carbonyl (C=O) groups excluding carboxylic acids is 4. The Labute approximate surface area is 186 Å². The maximum Gasteiger partial charge on any atom is 0.338 e. The maximum absolute atomic E-state index is 12.9. The van der Waals surface area contributed by atoms with E-state index < -0.39 is 5.97 Å². The first-order chi connectivity index (χ1) is 15.3. The largest absolute Gasteiger partial charge is 0.454 e. The van der Waals surface area contributed by atoms with Crippen molar-refractivity contribution in [1.29, 1.82) is 0 Å². The van der Waals surface area contributed by atoms with Crippen molar-refractivity contribution in [3.63, 3.8) is 0 Å². The van der Waals surface area contributed by atoms with E-state index in [4.69, 9.17) is 4.74 Å². The molecule has 2 aromatic carbocycles. The Morgan fingerprint density at radius 3 is 2.19 bits per heavy atom. The second kappa shape index (κ2) is 7.69. The summed E-state index contributed by atoms with van der Waals surface area (Å²) >= 11 is 0. The Morgan fingerprint density at radius 1 is 0.938 bits per heavy atom. The summed E-state index contributed by atoms with van der Waals surface area (Å²) in [5.41, 5.74) is 3.08. The monoisotopic (exact) mass is 431 g/mol. The number of imide groups is 1. The fourth-order valence-electron chi connectivity index (χ4n) is 5.74. The van der Waals surface area contributed by atoms with Crippen molar-refractivity contribution < 1.29 is 23.9 Å². The van der Waals surface area contributed by atoms with Crippen LogP contribution in [0, 0.1) is 37.5 Å². The average Bonchev–Trinajstić information content (AvgIpc) is 3.47. The van der Waals surface area contributed by atoms with Gasteiger partial charge in [-0.15, -0.1) is 0 Å². The molecule has 6 heteroatoms. The van der Waals surface area contributed by atoms with Crippen LogP contribution >= 0.6 is 0 Å². The van der Waals surface area contributed by atoms with Crippen LogP contribution in [0.4, 0.5) is 5.69 Å². The van der Waals surface area contributed by atoms with Gasteiger partial charge in [-0.1, -0.05) is 17.7 Å². The lowest BCUT2D eigenvalue weighted by molar-refractivity contribution is -0.123. The molecule has 0 N–H and O–H groups in total. The lowest BCUT2D eigenvalue weighted by atomic mass is 9.81. The first-order valence-corrected chi connectivity index (χ1v) is 11.1. The third-order valence-corrected chi connectivity index (χ3v) is 7.32. The second-order valence-electron chi connectivity index (χ2n) is 9.26. The smallest absolute Gasteiger partial charge is 0.338 e. The third-order valence-electron chi connectivity index (χ3n) is 7.32. The molecule has 2 aliphatic carbocycles. The molecule has 164 valence electrons. The predicted molar refractivity (Wildman–Crippen MR) is 117 cm³/mol. The fraction of sp³-hybridized carbons (Fsp3) is 0.385. The summed E-state index contributed by atoms with van der Waals surface area (Å²) in [4.78, 5) is 52.1. The van der Waals surface area contributed by atoms with Gasteiger partial charge in [0.15, 0.2) is 6.61 Å². The number of aryl methyl sites for hydroxylation is 2. The Bertz CT molecular complexity index is 1110. The van der Waals surface area contributed by atoms with Gasteiger partial charge in [-0.25, -0.2) is 4.79 Å². The van der Waals surface area contributed by atoms with Crippen molar-refractivity contribution in [1.82, 2.24) is 0 Å². The molecule has 2 bridgehead atoms. The van der Waals surface area contributed by atoms with Gasteiger partial charge >= 0.3 is 5.97 Å². The minimum Gasteiger partial charge on any atom is -0.454 e. The number of ether oxygens (including phenoxy) is 1. The molecule has 2 saturated carbocycles. The minimum atomic E-state index is -0.621. The van der Waals surface area contributed by atoms with E-state index in [2.05, 4.69) is 0 Å². The first kappa shape index (κ1) is 20.6. The van der Waals surface area contributed by atoms with E-state index in [1.807, 2.05) is 26.0 Å². The van der Waals surface area contributed by atoms with E-state index in [1.165, 1.54) is 17.0 Å². The number of rotatable bonds is 5. The number of Topliss-reactive ketones (excluding diaryl/α,β-unsaturated/α-hetero) is 1.